The molecule has 23 heavy (non-hydrogen) atoms. The monoisotopic (exact) mass is 336 g/mol. The second-order valence-electron chi connectivity index (χ2n) is 6.10. The lowest BCUT2D eigenvalue weighted by Crippen LogP contribution is -2.53. The summed E-state index contributed by atoms with van der Waals surface area (Å²) in [7, 11) is -3.11. The molecular formula is C16H24N4O2S. The highest BCUT2D eigenvalue weighted by molar-refractivity contribution is 7.88. The van der Waals surface area contributed by atoms with Crippen LogP contribution in [0.3, 0.4) is 0 Å². The van der Waals surface area contributed by atoms with E-state index in [0.717, 1.165) is 32.7 Å². The summed E-state index contributed by atoms with van der Waals surface area (Å²) in [4.78, 5) is 4.71. The zero-order valence-electron chi connectivity index (χ0n) is 13.7. The molecule has 0 bridgehead atoms. The summed E-state index contributed by atoms with van der Waals surface area (Å²) in [6.07, 6.45) is 1.19. The molecule has 1 N–H and O–H groups in total. The first-order valence-electron chi connectivity index (χ1n) is 7.77. The van der Waals surface area contributed by atoms with Gasteiger partial charge in [-0.2, -0.15) is 5.26 Å². The molecule has 1 aliphatic rings. The highest BCUT2D eigenvalue weighted by atomic mass is 32.2. The molecular weight excluding hydrogens is 312 g/mol. The molecule has 0 spiro atoms. The maximum atomic E-state index is 11.1. The van der Waals surface area contributed by atoms with Gasteiger partial charge in [0.1, 0.15) is 0 Å². The molecule has 1 saturated heterocycles. The predicted molar refractivity (Wildman–Crippen MR) is 90.3 cm³/mol. The van der Waals surface area contributed by atoms with Crippen molar-refractivity contribution >= 4 is 10.0 Å². The van der Waals surface area contributed by atoms with Crippen LogP contribution in [0.25, 0.3) is 0 Å². The summed E-state index contributed by atoms with van der Waals surface area (Å²) in [5.74, 6) is 0. The van der Waals surface area contributed by atoms with Gasteiger partial charge in [0.05, 0.1) is 17.9 Å². The third-order valence-electron chi connectivity index (χ3n) is 4.10. The molecule has 0 saturated carbocycles. The van der Waals surface area contributed by atoms with Crippen LogP contribution in [-0.2, 0) is 16.6 Å². The van der Waals surface area contributed by atoms with Gasteiger partial charge in [-0.25, -0.2) is 13.1 Å². The lowest BCUT2D eigenvalue weighted by atomic mass is 10.1. The highest BCUT2D eigenvalue weighted by Crippen LogP contribution is 2.13. The van der Waals surface area contributed by atoms with Crippen LogP contribution in [0.15, 0.2) is 24.3 Å². The van der Waals surface area contributed by atoms with E-state index in [2.05, 4.69) is 27.5 Å². The average molecular weight is 336 g/mol. The number of sulfonamides is 1. The number of nitrogens with one attached hydrogen (secondary N) is 1. The summed E-state index contributed by atoms with van der Waals surface area (Å²) in [5, 5.41) is 8.83. The van der Waals surface area contributed by atoms with E-state index in [1.165, 1.54) is 11.8 Å². The van der Waals surface area contributed by atoms with E-state index in [1.54, 1.807) is 0 Å². The van der Waals surface area contributed by atoms with Crippen LogP contribution >= 0.6 is 0 Å². The zero-order chi connectivity index (χ0) is 16.9. The molecule has 1 aromatic carbocycles. The second-order valence-corrected chi connectivity index (χ2v) is 7.93. The maximum absolute atomic E-state index is 11.1. The summed E-state index contributed by atoms with van der Waals surface area (Å²) < 4.78 is 24.7. The number of benzene rings is 1. The highest BCUT2D eigenvalue weighted by Gasteiger charge is 2.23. The van der Waals surface area contributed by atoms with Crippen LogP contribution in [0, 0.1) is 11.3 Å². The van der Waals surface area contributed by atoms with Crippen LogP contribution in [0.2, 0.25) is 0 Å². The van der Waals surface area contributed by atoms with Gasteiger partial charge in [-0.3, -0.25) is 9.80 Å². The fourth-order valence-electron chi connectivity index (χ4n) is 2.86. The first kappa shape index (κ1) is 17.9. The Balaban J connectivity index is 1.80. The van der Waals surface area contributed by atoms with Gasteiger partial charge in [-0.15, -0.1) is 0 Å². The largest absolute Gasteiger partial charge is 0.297 e. The minimum Gasteiger partial charge on any atom is -0.297 e. The lowest BCUT2D eigenvalue weighted by molar-refractivity contribution is 0.0808. The van der Waals surface area contributed by atoms with Gasteiger partial charge in [0, 0.05) is 45.3 Å². The van der Waals surface area contributed by atoms with Gasteiger partial charge >= 0.3 is 0 Å². The number of nitrogens with zero attached hydrogens (tertiary/aromatic N) is 3. The minimum absolute atomic E-state index is 0.392. The topological polar surface area (TPSA) is 76.4 Å². The predicted octanol–water partition coefficient (Wildman–Crippen LogP) is 0.614. The van der Waals surface area contributed by atoms with Gasteiger partial charge in [0.2, 0.25) is 10.0 Å². The number of rotatable bonds is 6. The molecule has 1 heterocycles. The van der Waals surface area contributed by atoms with E-state index in [4.69, 9.17) is 5.26 Å². The van der Waals surface area contributed by atoms with Crippen LogP contribution in [-0.4, -0.2) is 63.2 Å². The maximum Gasteiger partial charge on any atom is 0.208 e. The van der Waals surface area contributed by atoms with E-state index in [9.17, 15) is 8.42 Å². The van der Waals surface area contributed by atoms with Crippen LogP contribution in [0.4, 0.5) is 0 Å². The molecule has 1 unspecified atom stereocenters. The Morgan fingerprint density at radius 2 is 2.00 bits per heavy atom. The molecule has 0 aromatic heterocycles. The molecule has 7 heteroatoms. The van der Waals surface area contributed by atoms with Crippen molar-refractivity contribution in [2.45, 2.75) is 19.5 Å². The first-order chi connectivity index (χ1) is 10.9. The van der Waals surface area contributed by atoms with Gasteiger partial charge in [-0.1, -0.05) is 12.1 Å². The molecule has 1 atom stereocenters. The van der Waals surface area contributed by atoms with E-state index in [1.807, 2.05) is 24.3 Å². The molecule has 0 radical (unpaired) electrons. The molecule has 126 valence electrons. The molecule has 2 rings (SSSR count). The van der Waals surface area contributed by atoms with Crippen molar-refractivity contribution < 1.29 is 8.42 Å². The van der Waals surface area contributed by atoms with Crippen molar-refractivity contribution in [2.24, 2.45) is 0 Å². The SMILES string of the molecule is CC1CN(Cc2ccc(C#N)cc2)CCN1CCNS(C)(=O)=O. The van der Waals surface area contributed by atoms with Crippen molar-refractivity contribution in [3.63, 3.8) is 0 Å². The Hall–Kier alpha value is -1.46. The molecule has 1 fully saturated rings. The zero-order valence-corrected chi connectivity index (χ0v) is 14.5. The van der Waals surface area contributed by atoms with Crippen molar-refractivity contribution in [2.75, 3.05) is 39.0 Å². The number of piperazine rings is 1. The van der Waals surface area contributed by atoms with Crippen molar-refractivity contribution in [3.8, 4) is 6.07 Å². The van der Waals surface area contributed by atoms with Gasteiger partial charge < -0.3 is 0 Å². The molecule has 1 aromatic rings. The summed E-state index contributed by atoms with van der Waals surface area (Å²) in [6.45, 7) is 7.10. The van der Waals surface area contributed by atoms with E-state index < -0.39 is 10.0 Å². The summed E-state index contributed by atoms with van der Waals surface area (Å²) >= 11 is 0. The quantitative estimate of drug-likeness (QED) is 0.824. The second kappa shape index (κ2) is 7.88. The Morgan fingerprint density at radius 3 is 2.57 bits per heavy atom. The minimum atomic E-state index is -3.11. The number of hydrogen-bond acceptors (Lipinski definition) is 5. The van der Waals surface area contributed by atoms with Crippen molar-refractivity contribution in [1.82, 2.24) is 14.5 Å². The fourth-order valence-corrected chi connectivity index (χ4v) is 3.33. The Labute approximate surface area is 138 Å². The van der Waals surface area contributed by atoms with Crippen LogP contribution in [0.1, 0.15) is 18.1 Å². The van der Waals surface area contributed by atoms with Crippen LogP contribution < -0.4 is 4.72 Å². The lowest BCUT2D eigenvalue weighted by Gasteiger charge is -2.40. The van der Waals surface area contributed by atoms with E-state index in [0.29, 0.717) is 18.2 Å². The van der Waals surface area contributed by atoms with E-state index in [-0.39, 0.29) is 0 Å². The third-order valence-corrected chi connectivity index (χ3v) is 4.83. The fraction of sp³-hybridized carbons (Fsp3) is 0.562. The smallest absolute Gasteiger partial charge is 0.208 e. The Bertz CT molecular complexity index is 652. The number of nitriles is 1. The molecule has 6 nitrogen and oxygen atoms in total. The summed E-state index contributed by atoms with van der Waals surface area (Å²) in [6, 6.07) is 10.2. The Kier molecular flexibility index (Phi) is 6.13. The van der Waals surface area contributed by atoms with Crippen LogP contribution in [0.5, 0.6) is 0 Å². The third kappa shape index (κ3) is 5.92. The normalized spacial score (nSPS) is 20.3. The number of hydrogen-bond donors (Lipinski definition) is 1. The van der Waals surface area contributed by atoms with Gasteiger partial charge in [0.15, 0.2) is 0 Å². The standard InChI is InChI=1S/C16H24N4O2S/c1-14-12-19(13-16-5-3-15(11-17)4-6-16)9-10-20(14)8-7-18-23(2,21)22/h3-6,14,18H,7-10,12-13H2,1-2H3. The molecule has 0 aliphatic carbocycles. The first-order valence-corrected chi connectivity index (χ1v) is 9.66. The van der Waals surface area contributed by atoms with Gasteiger partial charge in [-0.05, 0) is 24.6 Å². The van der Waals surface area contributed by atoms with Gasteiger partial charge in [0.25, 0.3) is 0 Å². The van der Waals surface area contributed by atoms with Crippen molar-refractivity contribution in [3.05, 3.63) is 35.4 Å². The summed E-state index contributed by atoms with van der Waals surface area (Å²) in [5.41, 5.74) is 1.90. The molecule has 0 amide bonds. The van der Waals surface area contributed by atoms with Crippen molar-refractivity contribution in [1.29, 1.82) is 5.26 Å². The average Bonchev–Trinajstić information content (AvgIpc) is 2.49. The Morgan fingerprint density at radius 1 is 1.30 bits per heavy atom. The van der Waals surface area contributed by atoms with E-state index >= 15 is 0 Å². The molecule has 1 aliphatic heterocycles.